The third-order valence-electron chi connectivity index (χ3n) is 6.77. The molecule has 3 amide bonds. The number of nitrogens with zero attached hydrogens (tertiary/aromatic N) is 3. The maximum Gasteiger partial charge on any atom is 0.261 e. The van der Waals surface area contributed by atoms with Crippen LogP contribution in [0.3, 0.4) is 0 Å². The zero-order chi connectivity index (χ0) is 27.3. The molecule has 4 rings (SSSR count). The number of fused-ring (bicyclic) bond motifs is 1. The van der Waals surface area contributed by atoms with E-state index in [-0.39, 0.29) is 34.3 Å². The molecule has 2 aliphatic heterocycles. The minimum absolute atomic E-state index is 0.0265. The average molecular weight is 568 g/mol. The summed E-state index contributed by atoms with van der Waals surface area (Å²) in [7, 11) is -4.48. The summed E-state index contributed by atoms with van der Waals surface area (Å²) in [5.41, 5.74) is 10.7. The van der Waals surface area contributed by atoms with E-state index >= 15 is 0 Å². The standard InChI is InChI=1S/C24H27Cl2N5O5S/c1-14(2)29-13-24(23(28)34)30(37(35,36)20-8-5-16(25)12-18(20)26)10-9-21(32)31(24)19(22(29)33)11-15-3-6-17(27)7-4-15/h3-8,12,14,19H,9-11,13,27H2,1-2H3,(H2,28,34). The summed E-state index contributed by atoms with van der Waals surface area (Å²) in [5.74, 6) is -2.04. The number of piperazine rings is 1. The smallest absolute Gasteiger partial charge is 0.261 e. The molecule has 2 saturated heterocycles. The molecule has 2 fully saturated rings. The number of carbonyl (C=O) groups is 3. The number of amides is 3. The molecule has 37 heavy (non-hydrogen) atoms. The Bertz CT molecular complexity index is 1370. The highest BCUT2D eigenvalue weighted by Crippen LogP contribution is 2.41. The number of nitrogens with two attached hydrogens (primary N) is 2. The lowest BCUT2D eigenvalue weighted by Crippen LogP contribution is -2.83. The summed E-state index contributed by atoms with van der Waals surface area (Å²) in [6, 6.07) is 8.99. The summed E-state index contributed by atoms with van der Waals surface area (Å²) in [6.45, 7) is 2.73. The van der Waals surface area contributed by atoms with Crippen molar-refractivity contribution in [3.8, 4) is 0 Å². The average Bonchev–Trinajstić information content (AvgIpc) is 2.81. The quantitative estimate of drug-likeness (QED) is 0.509. The molecule has 0 saturated carbocycles. The summed E-state index contributed by atoms with van der Waals surface area (Å²) < 4.78 is 28.9. The molecular formula is C24H27Cl2N5O5S. The lowest BCUT2D eigenvalue weighted by atomic mass is 9.90. The molecule has 2 atom stereocenters. The topological polar surface area (TPSA) is 147 Å². The molecule has 0 radical (unpaired) electrons. The van der Waals surface area contributed by atoms with Crippen LogP contribution < -0.4 is 11.5 Å². The Hall–Kier alpha value is -2.86. The maximum absolute atomic E-state index is 14.0. The predicted octanol–water partition coefficient (Wildman–Crippen LogP) is 1.84. The highest BCUT2D eigenvalue weighted by atomic mass is 35.5. The van der Waals surface area contributed by atoms with E-state index in [0.29, 0.717) is 11.3 Å². The molecule has 13 heteroatoms. The second-order valence-corrected chi connectivity index (χ2v) is 12.0. The Morgan fingerprint density at radius 1 is 1.14 bits per heavy atom. The van der Waals surface area contributed by atoms with Gasteiger partial charge in [-0.1, -0.05) is 35.3 Å². The van der Waals surface area contributed by atoms with Crippen molar-refractivity contribution < 1.29 is 22.8 Å². The van der Waals surface area contributed by atoms with Crippen LogP contribution in [0.1, 0.15) is 25.8 Å². The summed E-state index contributed by atoms with van der Waals surface area (Å²) in [4.78, 5) is 42.5. The van der Waals surface area contributed by atoms with Gasteiger partial charge in [0.15, 0.2) is 0 Å². The van der Waals surface area contributed by atoms with Gasteiger partial charge in [-0.05, 0) is 49.7 Å². The zero-order valence-corrected chi connectivity index (χ0v) is 22.6. The third kappa shape index (κ3) is 4.54. The van der Waals surface area contributed by atoms with Gasteiger partial charge in [-0.15, -0.1) is 0 Å². The molecule has 2 unspecified atom stereocenters. The minimum atomic E-state index is -4.48. The highest BCUT2D eigenvalue weighted by Gasteiger charge is 2.64. The van der Waals surface area contributed by atoms with Gasteiger partial charge in [0.05, 0.1) is 11.6 Å². The van der Waals surface area contributed by atoms with E-state index in [1.165, 1.54) is 23.1 Å². The van der Waals surface area contributed by atoms with Crippen LogP contribution in [0.5, 0.6) is 0 Å². The Balaban J connectivity index is 1.92. The van der Waals surface area contributed by atoms with Crippen LogP contribution in [-0.4, -0.2) is 71.1 Å². The van der Waals surface area contributed by atoms with Crippen molar-refractivity contribution in [1.29, 1.82) is 0 Å². The van der Waals surface area contributed by atoms with Gasteiger partial charge in [0.2, 0.25) is 27.5 Å². The SMILES string of the molecule is CC(C)N1CC2(C(N)=O)N(C(=O)CCN2S(=O)(=O)c2ccc(Cl)cc2Cl)C(Cc2ccc(N)cc2)C1=O. The largest absolute Gasteiger partial charge is 0.399 e. The summed E-state index contributed by atoms with van der Waals surface area (Å²) in [6.07, 6.45) is -0.231. The molecular weight excluding hydrogens is 541 g/mol. The van der Waals surface area contributed by atoms with Crippen molar-refractivity contribution in [2.75, 3.05) is 18.8 Å². The first-order chi connectivity index (χ1) is 17.3. The number of carbonyl (C=O) groups excluding carboxylic acids is 3. The second kappa shape index (κ2) is 9.79. The van der Waals surface area contributed by atoms with Crippen LogP contribution in [0, 0.1) is 0 Å². The van der Waals surface area contributed by atoms with E-state index in [4.69, 9.17) is 34.7 Å². The Morgan fingerprint density at radius 3 is 2.35 bits per heavy atom. The first kappa shape index (κ1) is 27.2. The second-order valence-electron chi connectivity index (χ2n) is 9.37. The monoisotopic (exact) mass is 567 g/mol. The van der Waals surface area contributed by atoms with Gasteiger partial charge in [-0.25, -0.2) is 8.42 Å². The van der Waals surface area contributed by atoms with Crippen LogP contribution in [-0.2, 0) is 30.8 Å². The molecule has 2 aliphatic rings. The Kier molecular flexibility index (Phi) is 7.19. The van der Waals surface area contributed by atoms with Gasteiger partial charge in [-0.3, -0.25) is 14.4 Å². The van der Waals surface area contributed by atoms with E-state index in [1.54, 1.807) is 38.1 Å². The van der Waals surface area contributed by atoms with E-state index in [9.17, 15) is 22.8 Å². The number of sulfonamides is 1. The fourth-order valence-electron chi connectivity index (χ4n) is 4.97. The number of benzene rings is 2. The number of anilines is 1. The van der Waals surface area contributed by atoms with Crippen molar-refractivity contribution in [2.24, 2.45) is 5.73 Å². The van der Waals surface area contributed by atoms with E-state index < -0.39 is 52.0 Å². The minimum Gasteiger partial charge on any atom is -0.399 e. The summed E-state index contributed by atoms with van der Waals surface area (Å²) >= 11 is 12.2. The molecule has 10 nitrogen and oxygen atoms in total. The number of primary amides is 1. The van der Waals surface area contributed by atoms with E-state index in [1.807, 2.05) is 0 Å². The lowest BCUT2D eigenvalue weighted by molar-refractivity contribution is -0.186. The molecule has 0 spiro atoms. The van der Waals surface area contributed by atoms with Crippen LogP contribution >= 0.6 is 23.2 Å². The van der Waals surface area contributed by atoms with Crippen molar-refractivity contribution in [1.82, 2.24) is 14.1 Å². The van der Waals surface area contributed by atoms with Gasteiger partial charge < -0.3 is 21.3 Å². The molecule has 0 aromatic heterocycles. The molecule has 4 N–H and O–H groups in total. The van der Waals surface area contributed by atoms with Crippen LogP contribution in [0.4, 0.5) is 5.69 Å². The third-order valence-corrected chi connectivity index (χ3v) is 9.40. The first-order valence-electron chi connectivity index (χ1n) is 11.6. The maximum atomic E-state index is 14.0. The molecule has 0 aliphatic carbocycles. The Morgan fingerprint density at radius 2 is 1.78 bits per heavy atom. The van der Waals surface area contributed by atoms with E-state index in [0.717, 1.165) is 9.21 Å². The fourth-order valence-corrected chi connectivity index (χ4v) is 7.42. The van der Waals surface area contributed by atoms with Gasteiger partial charge in [-0.2, -0.15) is 4.31 Å². The van der Waals surface area contributed by atoms with Gasteiger partial charge >= 0.3 is 0 Å². The molecule has 2 aromatic carbocycles. The van der Waals surface area contributed by atoms with Gasteiger partial charge in [0.25, 0.3) is 5.91 Å². The molecule has 198 valence electrons. The number of nitrogen functional groups attached to an aromatic ring is 1. The highest BCUT2D eigenvalue weighted by molar-refractivity contribution is 7.89. The normalized spacial score (nSPS) is 22.9. The number of rotatable bonds is 6. The first-order valence-corrected chi connectivity index (χ1v) is 13.7. The Labute approximate surface area is 225 Å². The molecule has 2 aromatic rings. The van der Waals surface area contributed by atoms with Crippen molar-refractivity contribution >= 4 is 56.6 Å². The molecule has 0 bridgehead atoms. The van der Waals surface area contributed by atoms with E-state index in [2.05, 4.69) is 0 Å². The zero-order valence-electron chi connectivity index (χ0n) is 20.2. The van der Waals surface area contributed by atoms with Gasteiger partial charge in [0, 0.05) is 36.1 Å². The molecule has 2 heterocycles. The van der Waals surface area contributed by atoms with Crippen molar-refractivity contribution in [3.05, 3.63) is 58.1 Å². The summed E-state index contributed by atoms with van der Waals surface area (Å²) in [5, 5.41) is 0.0726. The van der Waals surface area contributed by atoms with Crippen LogP contribution in [0.15, 0.2) is 47.4 Å². The number of hydrogen-bond acceptors (Lipinski definition) is 6. The number of halogens is 2. The van der Waals surface area contributed by atoms with Gasteiger partial charge in [0.1, 0.15) is 10.9 Å². The van der Waals surface area contributed by atoms with Crippen LogP contribution in [0.2, 0.25) is 10.0 Å². The predicted molar refractivity (Wildman–Crippen MR) is 139 cm³/mol. The van der Waals surface area contributed by atoms with Crippen LogP contribution in [0.25, 0.3) is 0 Å². The van der Waals surface area contributed by atoms with Crippen molar-refractivity contribution in [2.45, 2.75) is 49.3 Å². The van der Waals surface area contributed by atoms with Crippen molar-refractivity contribution in [3.63, 3.8) is 0 Å². The fraction of sp³-hybridized carbons (Fsp3) is 0.375. The lowest BCUT2D eigenvalue weighted by Gasteiger charge is -2.58. The number of hydrogen-bond donors (Lipinski definition) is 2.